The maximum Gasteiger partial charge on any atom is 0.271 e. The first kappa shape index (κ1) is 30.7. The summed E-state index contributed by atoms with van der Waals surface area (Å²) in [7, 11) is -5.78. The molecule has 1 heterocycles. The second-order valence-corrected chi connectivity index (χ2v) is 14.8. The Morgan fingerprint density at radius 3 is 2.00 bits per heavy atom. The lowest BCUT2D eigenvalue weighted by atomic mass is 10.0. The van der Waals surface area contributed by atoms with Crippen molar-refractivity contribution in [3.8, 4) is 0 Å². The van der Waals surface area contributed by atoms with E-state index in [1.54, 1.807) is 36.0 Å². The van der Waals surface area contributed by atoms with Crippen LogP contribution in [0.25, 0.3) is 0 Å². The minimum absolute atomic E-state index is 0.136. The molecule has 0 radical (unpaired) electrons. The Labute approximate surface area is 240 Å². The first-order valence-corrected chi connectivity index (χ1v) is 17.0. The number of benzene rings is 3. The van der Waals surface area contributed by atoms with Crippen LogP contribution < -0.4 is 0 Å². The molecule has 0 spiro atoms. The Morgan fingerprint density at radius 1 is 0.875 bits per heavy atom. The normalized spacial score (nSPS) is 15.6. The summed E-state index contributed by atoms with van der Waals surface area (Å²) in [5, 5.41) is 0. The average molecular weight is 608 g/mol. The van der Waals surface area contributed by atoms with Crippen molar-refractivity contribution >= 4 is 31.6 Å². The van der Waals surface area contributed by atoms with Crippen LogP contribution in [0, 0.1) is 5.82 Å². The third kappa shape index (κ3) is 5.73. The largest absolute Gasteiger partial charge is 0.336 e. The van der Waals surface area contributed by atoms with Crippen molar-refractivity contribution < 1.29 is 30.7 Å². The number of sulfonamides is 1. The van der Waals surface area contributed by atoms with Crippen molar-refractivity contribution in [2.45, 2.75) is 59.2 Å². The lowest BCUT2D eigenvalue weighted by Crippen LogP contribution is -2.57. The molecule has 40 heavy (non-hydrogen) atoms. The van der Waals surface area contributed by atoms with E-state index in [4.69, 9.17) is 9.47 Å². The molecule has 0 aliphatic carbocycles. The SMILES string of the molecule is COC(OC)(c1ccccc1)N(C1CCSCC1)S(=O)(=O)c1cc(S(=O)(=O)c2ccc(F)cc2)ccc1C(C)C. The number of hydrogen-bond donors (Lipinski definition) is 0. The van der Waals surface area contributed by atoms with Crippen LogP contribution in [-0.2, 0) is 35.2 Å². The van der Waals surface area contributed by atoms with Crippen LogP contribution in [0.2, 0.25) is 0 Å². The molecule has 1 saturated heterocycles. The predicted octanol–water partition coefficient (Wildman–Crippen LogP) is 5.77. The van der Waals surface area contributed by atoms with E-state index in [2.05, 4.69) is 0 Å². The Balaban J connectivity index is 1.98. The zero-order valence-electron chi connectivity index (χ0n) is 22.9. The Bertz CT molecular complexity index is 1520. The molecule has 0 amide bonds. The minimum atomic E-state index is -4.43. The van der Waals surface area contributed by atoms with Crippen molar-refractivity contribution in [1.29, 1.82) is 0 Å². The van der Waals surface area contributed by atoms with E-state index in [1.807, 2.05) is 19.9 Å². The van der Waals surface area contributed by atoms with Crippen LogP contribution in [0.1, 0.15) is 43.7 Å². The first-order chi connectivity index (χ1) is 19.0. The van der Waals surface area contributed by atoms with Gasteiger partial charge in [-0.15, -0.1) is 4.31 Å². The quantitative estimate of drug-likeness (QED) is 0.214. The molecule has 0 aromatic heterocycles. The van der Waals surface area contributed by atoms with Crippen molar-refractivity contribution in [3.63, 3.8) is 0 Å². The third-order valence-electron chi connectivity index (χ3n) is 7.08. The second-order valence-electron chi connectivity index (χ2n) is 9.81. The van der Waals surface area contributed by atoms with Crippen LogP contribution in [0.4, 0.5) is 4.39 Å². The molecule has 0 bridgehead atoms. The van der Waals surface area contributed by atoms with Gasteiger partial charge in [0.1, 0.15) is 5.82 Å². The van der Waals surface area contributed by atoms with Gasteiger partial charge in [0.05, 0.1) is 14.7 Å². The topological polar surface area (TPSA) is 90.0 Å². The zero-order chi connectivity index (χ0) is 29.1. The summed E-state index contributed by atoms with van der Waals surface area (Å²) in [6.45, 7) is 3.70. The maximum atomic E-state index is 14.9. The van der Waals surface area contributed by atoms with Gasteiger partial charge in [-0.3, -0.25) is 0 Å². The number of nitrogens with zero attached hydrogens (tertiary/aromatic N) is 1. The minimum Gasteiger partial charge on any atom is -0.336 e. The van der Waals surface area contributed by atoms with Gasteiger partial charge in [-0.1, -0.05) is 50.2 Å². The fourth-order valence-corrected chi connectivity index (χ4v) is 9.73. The number of methoxy groups -OCH3 is 2. The smallest absolute Gasteiger partial charge is 0.271 e. The fraction of sp³-hybridized carbons (Fsp3) is 0.379. The molecule has 4 rings (SSSR count). The number of thioether (sulfide) groups is 1. The molecule has 1 fully saturated rings. The van der Waals surface area contributed by atoms with Gasteiger partial charge in [-0.25, -0.2) is 21.2 Å². The molecule has 11 heteroatoms. The summed E-state index contributed by atoms with van der Waals surface area (Å²) in [5.41, 5.74) is 0.949. The van der Waals surface area contributed by atoms with Crippen LogP contribution in [0.5, 0.6) is 0 Å². The lowest BCUT2D eigenvalue weighted by molar-refractivity contribution is -0.288. The van der Waals surface area contributed by atoms with E-state index >= 15 is 0 Å². The zero-order valence-corrected chi connectivity index (χ0v) is 25.4. The maximum absolute atomic E-state index is 14.9. The monoisotopic (exact) mass is 607 g/mol. The summed E-state index contributed by atoms with van der Waals surface area (Å²) in [6, 6.07) is 17.0. The van der Waals surface area contributed by atoms with Gasteiger partial charge in [0, 0.05) is 25.8 Å². The highest BCUT2D eigenvalue weighted by atomic mass is 32.2. The molecule has 7 nitrogen and oxygen atoms in total. The van der Waals surface area contributed by atoms with Crippen LogP contribution in [0.15, 0.2) is 87.5 Å². The molecule has 3 aromatic carbocycles. The highest BCUT2D eigenvalue weighted by molar-refractivity contribution is 7.99. The number of ether oxygens (including phenoxy) is 2. The summed E-state index contributed by atoms with van der Waals surface area (Å²) in [6.07, 6.45) is 1.13. The molecule has 0 unspecified atom stereocenters. The Kier molecular flexibility index (Phi) is 9.43. The molecular weight excluding hydrogens is 574 g/mol. The van der Waals surface area contributed by atoms with E-state index in [1.165, 1.54) is 36.7 Å². The van der Waals surface area contributed by atoms with Gasteiger partial charge >= 0.3 is 0 Å². The lowest BCUT2D eigenvalue weighted by Gasteiger charge is -2.45. The van der Waals surface area contributed by atoms with E-state index in [9.17, 15) is 21.2 Å². The van der Waals surface area contributed by atoms with Gasteiger partial charge in [-0.05, 0) is 72.2 Å². The summed E-state index contributed by atoms with van der Waals surface area (Å²) in [4.78, 5) is -0.484. The number of rotatable bonds is 10. The fourth-order valence-electron chi connectivity index (χ4n) is 5.03. The van der Waals surface area contributed by atoms with Crippen molar-refractivity contribution in [2.24, 2.45) is 0 Å². The van der Waals surface area contributed by atoms with Crippen LogP contribution in [0.3, 0.4) is 0 Å². The van der Waals surface area contributed by atoms with E-state index < -0.39 is 37.6 Å². The predicted molar refractivity (Wildman–Crippen MR) is 154 cm³/mol. The first-order valence-electron chi connectivity index (χ1n) is 12.9. The highest BCUT2D eigenvalue weighted by Crippen LogP contribution is 2.42. The van der Waals surface area contributed by atoms with E-state index in [0.29, 0.717) is 24.0 Å². The van der Waals surface area contributed by atoms with Crippen LogP contribution in [-0.4, -0.2) is 52.9 Å². The van der Waals surface area contributed by atoms with Crippen LogP contribution >= 0.6 is 11.8 Å². The molecule has 1 aliphatic heterocycles. The summed E-state index contributed by atoms with van der Waals surface area (Å²) in [5.74, 6) is -1.11. The third-order valence-corrected chi connectivity index (χ3v) is 11.9. The van der Waals surface area contributed by atoms with Crippen molar-refractivity contribution in [3.05, 3.63) is 89.7 Å². The molecular formula is C29H34FNO6S3. The number of sulfone groups is 1. The van der Waals surface area contributed by atoms with E-state index in [-0.39, 0.29) is 20.6 Å². The number of hydrogen-bond acceptors (Lipinski definition) is 7. The molecule has 0 N–H and O–H groups in total. The van der Waals surface area contributed by atoms with Gasteiger partial charge in [0.25, 0.3) is 5.91 Å². The molecule has 0 saturated carbocycles. The summed E-state index contributed by atoms with van der Waals surface area (Å²) < 4.78 is 83.5. The highest BCUT2D eigenvalue weighted by Gasteiger charge is 2.51. The number of halogens is 1. The molecule has 0 atom stereocenters. The van der Waals surface area contributed by atoms with E-state index in [0.717, 1.165) is 35.8 Å². The van der Waals surface area contributed by atoms with Crippen molar-refractivity contribution in [2.75, 3.05) is 25.7 Å². The average Bonchev–Trinajstić information content (AvgIpc) is 2.96. The standard InChI is InChI=1S/C29H34FNO6S3/c1-21(2)27-15-14-26(39(32,33)25-12-10-23(30)11-13-25)20-28(27)40(34,35)31(24-16-18-38-19-17-24)29(36-3,37-4)22-8-6-5-7-9-22/h5-15,20-21,24H,16-19H2,1-4H3. The van der Waals surface area contributed by atoms with Gasteiger partial charge in [0.2, 0.25) is 19.9 Å². The van der Waals surface area contributed by atoms with Gasteiger partial charge in [0.15, 0.2) is 0 Å². The summed E-state index contributed by atoms with van der Waals surface area (Å²) >= 11 is 1.75. The Hall–Kier alpha value is -2.28. The molecule has 1 aliphatic rings. The van der Waals surface area contributed by atoms with Gasteiger partial charge in [-0.2, -0.15) is 11.8 Å². The Morgan fingerprint density at radius 2 is 1.45 bits per heavy atom. The molecule has 216 valence electrons. The van der Waals surface area contributed by atoms with Crippen molar-refractivity contribution in [1.82, 2.24) is 4.31 Å². The van der Waals surface area contributed by atoms with Gasteiger partial charge < -0.3 is 9.47 Å². The second kappa shape index (κ2) is 12.3. The molecule has 3 aromatic rings.